The van der Waals surface area contributed by atoms with Crippen molar-refractivity contribution >= 4 is 28.6 Å². The molecule has 0 fully saturated rings. The van der Waals surface area contributed by atoms with Crippen molar-refractivity contribution in [3.8, 4) is 0 Å². The lowest BCUT2D eigenvalue weighted by Crippen LogP contribution is -2.27. The van der Waals surface area contributed by atoms with Gasteiger partial charge in [0.2, 0.25) is 0 Å². The first kappa shape index (κ1) is 20.1. The largest absolute Gasteiger partial charge is 0.482 e. The predicted molar refractivity (Wildman–Crippen MR) is 114 cm³/mol. The van der Waals surface area contributed by atoms with Crippen molar-refractivity contribution in [3.05, 3.63) is 65.3 Å². The maximum absolute atomic E-state index is 13.5. The van der Waals surface area contributed by atoms with Gasteiger partial charge in [0.1, 0.15) is 23.0 Å². The summed E-state index contributed by atoms with van der Waals surface area (Å²) in [4.78, 5) is 19.1. The van der Waals surface area contributed by atoms with E-state index in [-0.39, 0.29) is 12.5 Å². The molecule has 0 saturated heterocycles. The summed E-state index contributed by atoms with van der Waals surface area (Å²) >= 11 is 0. The number of ether oxygens (including phenoxy) is 1. The zero-order valence-electron chi connectivity index (χ0n) is 17.2. The van der Waals surface area contributed by atoms with Crippen molar-refractivity contribution in [2.24, 2.45) is 0 Å². The van der Waals surface area contributed by atoms with Crippen molar-refractivity contribution < 1.29 is 19.0 Å². The minimum Gasteiger partial charge on any atom is -0.482 e. The number of hydrogen-bond acceptors (Lipinski definition) is 5. The highest BCUT2D eigenvalue weighted by molar-refractivity contribution is 6.32. The first-order valence-electron chi connectivity index (χ1n) is 9.93. The molecule has 0 spiro atoms. The number of nitrogens with one attached hydrogen (secondary N) is 1. The first-order valence-corrected chi connectivity index (χ1v) is 9.93. The number of amides is 1. The van der Waals surface area contributed by atoms with Crippen molar-refractivity contribution in [3.63, 3.8) is 0 Å². The molecule has 2 aromatic rings. The second-order valence-corrected chi connectivity index (χ2v) is 7.76. The molecule has 6 nitrogen and oxygen atoms in total. The summed E-state index contributed by atoms with van der Waals surface area (Å²) in [5.41, 5.74) is 2.60. The van der Waals surface area contributed by atoms with Gasteiger partial charge in [-0.1, -0.05) is 0 Å². The maximum Gasteiger partial charge on any atom is 0.260 e. The number of aliphatic hydroxyl groups is 1. The highest BCUT2D eigenvalue weighted by Gasteiger charge is 2.38. The number of pyridine rings is 1. The number of nitrogens with zero attached hydrogens (tertiary/aromatic N) is 2. The van der Waals surface area contributed by atoms with Gasteiger partial charge < -0.3 is 20.1 Å². The van der Waals surface area contributed by atoms with Crippen LogP contribution in [0.15, 0.2) is 48.4 Å². The quantitative estimate of drug-likeness (QED) is 0.739. The Morgan fingerprint density at radius 3 is 2.73 bits per heavy atom. The second kappa shape index (κ2) is 7.57. The molecular weight excluding hydrogens is 385 g/mol. The van der Waals surface area contributed by atoms with Crippen LogP contribution in [0.1, 0.15) is 31.9 Å². The standard InChI is InChI=1S/C23H24FN3O3/c1-4-27(9-10-28)20-8-5-14(13-25-20)17-12-19(30-23(17,2)3)21-16-7-6-15(24)11-18(16)26-22(21)29/h5-8,11-13,28H,4,9-10H2,1-3H3,(H,26,29). The summed E-state index contributed by atoms with van der Waals surface area (Å²) in [7, 11) is 0. The summed E-state index contributed by atoms with van der Waals surface area (Å²) in [5, 5.41) is 11.9. The average molecular weight is 409 g/mol. The smallest absolute Gasteiger partial charge is 0.260 e. The molecule has 30 heavy (non-hydrogen) atoms. The first-order chi connectivity index (χ1) is 14.3. The van der Waals surface area contributed by atoms with Gasteiger partial charge in [-0.2, -0.15) is 0 Å². The van der Waals surface area contributed by atoms with Crippen molar-refractivity contribution in [2.45, 2.75) is 26.4 Å². The summed E-state index contributed by atoms with van der Waals surface area (Å²) < 4.78 is 19.7. The predicted octanol–water partition coefficient (Wildman–Crippen LogP) is 3.59. The number of fused-ring (bicyclic) bond motifs is 1. The Hall–Kier alpha value is -3.19. The Kier molecular flexibility index (Phi) is 5.07. The Morgan fingerprint density at radius 2 is 2.07 bits per heavy atom. The fourth-order valence-corrected chi connectivity index (χ4v) is 3.90. The van der Waals surface area contributed by atoms with Crippen molar-refractivity contribution in [1.82, 2.24) is 4.98 Å². The van der Waals surface area contributed by atoms with Gasteiger partial charge in [-0.25, -0.2) is 9.37 Å². The van der Waals surface area contributed by atoms with Gasteiger partial charge in [0, 0.05) is 36.0 Å². The van der Waals surface area contributed by atoms with E-state index in [1.165, 1.54) is 12.1 Å². The van der Waals surface area contributed by atoms with Crippen LogP contribution < -0.4 is 10.2 Å². The molecule has 1 aromatic heterocycles. The van der Waals surface area contributed by atoms with E-state index in [0.717, 1.165) is 23.5 Å². The van der Waals surface area contributed by atoms with Crippen LogP contribution in [-0.2, 0) is 9.53 Å². The summed E-state index contributed by atoms with van der Waals surface area (Å²) in [5.74, 6) is 0.530. The topological polar surface area (TPSA) is 74.7 Å². The van der Waals surface area contributed by atoms with Gasteiger partial charge in [-0.3, -0.25) is 4.79 Å². The molecular formula is C23H24FN3O3. The number of aromatic nitrogens is 1. The molecule has 2 aliphatic rings. The Balaban J connectivity index is 1.72. The monoisotopic (exact) mass is 409 g/mol. The zero-order chi connectivity index (χ0) is 21.5. The van der Waals surface area contributed by atoms with Gasteiger partial charge in [0.05, 0.1) is 17.9 Å². The molecule has 7 heteroatoms. The molecule has 0 atom stereocenters. The third kappa shape index (κ3) is 3.45. The molecule has 4 rings (SSSR count). The van der Waals surface area contributed by atoms with Crippen molar-refractivity contribution in [2.75, 3.05) is 29.9 Å². The minimum atomic E-state index is -0.663. The van der Waals surface area contributed by atoms with E-state index in [0.29, 0.717) is 29.1 Å². The lowest BCUT2D eigenvalue weighted by Gasteiger charge is -2.24. The van der Waals surface area contributed by atoms with Crippen LogP contribution in [0.4, 0.5) is 15.9 Å². The summed E-state index contributed by atoms with van der Waals surface area (Å²) in [6, 6.07) is 8.10. The third-order valence-electron chi connectivity index (χ3n) is 5.40. The lowest BCUT2D eigenvalue weighted by atomic mass is 9.93. The third-order valence-corrected chi connectivity index (χ3v) is 5.40. The lowest BCUT2D eigenvalue weighted by molar-refractivity contribution is -0.111. The fraction of sp³-hybridized carbons (Fsp3) is 0.304. The van der Waals surface area contributed by atoms with Gasteiger partial charge in [-0.15, -0.1) is 0 Å². The molecule has 156 valence electrons. The minimum absolute atomic E-state index is 0.0632. The number of hydrogen-bond donors (Lipinski definition) is 2. The van der Waals surface area contributed by atoms with Crippen molar-refractivity contribution in [1.29, 1.82) is 0 Å². The molecule has 2 aliphatic heterocycles. The van der Waals surface area contributed by atoms with Crippen LogP contribution in [0.3, 0.4) is 0 Å². The molecule has 0 saturated carbocycles. The van der Waals surface area contributed by atoms with E-state index in [2.05, 4.69) is 10.3 Å². The average Bonchev–Trinajstić information content (AvgIpc) is 3.20. The molecule has 0 aliphatic carbocycles. The Bertz CT molecular complexity index is 1060. The zero-order valence-corrected chi connectivity index (χ0v) is 17.2. The Morgan fingerprint density at radius 1 is 1.27 bits per heavy atom. The van der Waals surface area contributed by atoms with Crippen LogP contribution in [-0.4, -0.2) is 41.3 Å². The number of rotatable bonds is 5. The molecule has 2 N–H and O–H groups in total. The molecule has 0 bridgehead atoms. The summed E-state index contributed by atoms with van der Waals surface area (Å²) in [6.07, 6.45) is 3.63. The highest BCUT2D eigenvalue weighted by Crippen LogP contribution is 2.44. The van der Waals surface area contributed by atoms with Crippen LogP contribution in [0.5, 0.6) is 0 Å². The fourth-order valence-electron chi connectivity index (χ4n) is 3.90. The van der Waals surface area contributed by atoms with Gasteiger partial charge in [-0.05, 0) is 57.2 Å². The van der Waals surface area contributed by atoms with E-state index < -0.39 is 11.4 Å². The van der Waals surface area contributed by atoms with Gasteiger partial charge in [0.15, 0.2) is 0 Å². The number of anilines is 2. The van der Waals surface area contributed by atoms with Gasteiger partial charge in [0.25, 0.3) is 5.91 Å². The second-order valence-electron chi connectivity index (χ2n) is 7.76. The molecule has 0 radical (unpaired) electrons. The van der Waals surface area contributed by atoms with Crippen LogP contribution in [0, 0.1) is 5.82 Å². The molecule has 3 heterocycles. The number of carbonyl (C=O) groups excluding carboxylic acids is 1. The number of carbonyl (C=O) groups is 1. The SMILES string of the molecule is CCN(CCO)c1ccc(C2=CC(=C3C(=O)Nc4cc(F)ccc43)OC2(C)C)cn1. The molecule has 1 amide bonds. The van der Waals surface area contributed by atoms with E-state index in [4.69, 9.17) is 4.74 Å². The van der Waals surface area contributed by atoms with Crippen LogP contribution in [0.2, 0.25) is 0 Å². The normalized spacial score (nSPS) is 19.2. The maximum atomic E-state index is 13.5. The number of halogens is 1. The van der Waals surface area contributed by atoms with E-state index >= 15 is 0 Å². The number of benzene rings is 1. The van der Waals surface area contributed by atoms with Crippen LogP contribution in [0.25, 0.3) is 11.1 Å². The number of allylic oxidation sites excluding steroid dienone is 1. The number of likely N-dealkylation sites (N-methyl/N-ethyl adjacent to an activating group) is 1. The van der Waals surface area contributed by atoms with E-state index in [1.54, 1.807) is 12.3 Å². The highest BCUT2D eigenvalue weighted by atomic mass is 19.1. The van der Waals surface area contributed by atoms with Gasteiger partial charge >= 0.3 is 0 Å². The van der Waals surface area contributed by atoms with Crippen LogP contribution >= 0.6 is 0 Å². The summed E-state index contributed by atoms with van der Waals surface area (Å²) in [6.45, 7) is 7.21. The molecule has 0 unspecified atom stereocenters. The van der Waals surface area contributed by atoms with E-state index in [9.17, 15) is 14.3 Å². The Labute approximate surface area is 174 Å². The van der Waals surface area contributed by atoms with E-state index in [1.807, 2.05) is 43.9 Å². The number of aliphatic hydroxyl groups excluding tert-OH is 1. The molecule has 1 aromatic carbocycles.